The van der Waals surface area contributed by atoms with Crippen molar-refractivity contribution in [3.63, 3.8) is 0 Å². The molecule has 2 saturated heterocycles. The molecule has 0 spiro atoms. The lowest BCUT2D eigenvalue weighted by molar-refractivity contribution is 0.0877. The van der Waals surface area contributed by atoms with Gasteiger partial charge >= 0.3 is 0 Å². The maximum atomic E-state index is 13.1. The molecule has 2 atom stereocenters. The van der Waals surface area contributed by atoms with Crippen LogP contribution in [0.1, 0.15) is 19.3 Å². The molecule has 2 aliphatic rings. The van der Waals surface area contributed by atoms with Crippen LogP contribution in [-0.2, 0) is 24.6 Å². The maximum Gasteiger partial charge on any atom is 0.244 e. The summed E-state index contributed by atoms with van der Waals surface area (Å²) in [6.07, 6.45) is 1.76. The summed E-state index contributed by atoms with van der Waals surface area (Å²) in [4.78, 5) is 0.00830. The number of halogens is 1. The zero-order valence-electron chi connectivity index (χ0n) is 13.1. The Morgan fingerprint density at radius 1 is 1.25 bits per heavy atom. The molecule has 0 aliphatic carbocycles. The van der Waals surface area contributed by atoms with E-state index in [4.69, 9.17) is 16.3 Å². The average molecular weight is 394 g/mol. The van der Waals surface area contributed by atoms with Gasteiger partial charge in [-0.3, -0.25) is 0 Å². The molecule has 0 unspecified atom stereocenters. The first-order valence-corrected chi connectivity index (χ1v) is 11.5. The van der Waals surface area contributed by atoms with Crippen molar-refractivity contribution in [2.45, 2.75) is 36.3 Å². The van der Waals surface area contributed by atoms with E-state index in [2.05, 4.69) is 0 Å². The third kappa shape index (κ3) is 3.77. The quantitative estimate of drug-likeness (QED) is 0.760. The standard InChI is InChI=1S/C15H20ClNO5S2/c16-14-5-1-2-6-15(14)24(20,21)17(10-13-4-3-8-22-13)12-7-9-23(18,19)11-12/h1-2,5-6,12-13H,3-4,7-11H2/t12-,13+/m1/s1. The van der Waals surface area contributed by atoms with Gasteiger partial charge in [0.25, 0.3) is 0 Å². The predicted molar refractivity (Wildman–Crippen MR) is 91.4 cm³/mol. The normalized spacial score (nSPS) is 26.9. The van der Waals surface area contributed by atoms with Gasteiger partial charge in [0, 0.05) is 19.2 Å². The highest BCUT2D eigenvalue weighted by atomic mass is 35.5. The van der Waals surface area contributed by atoms with Crippen molar-refractivity contribution in [1.82, 2.24) is 4.31 Å². The average Bonchev–Trinajstić information content (AvgIpc) is 3.14. The van der Waals surface area contributed by atoms with Crippen LogP contribution in [0.5, 0.6) is 0 Å². The van der Waals surface area contributed by atoms with Crippen molar-refractivity contribution in [2.75, 3.05) is 24.7 Å². The second kappa shape index (κ2) is 6.92. The fourth-order valence-electron chi connectivity index (χ4n) is 3.22. The van der Waals surface area contributed by atoms with Gasteiger partial charge in [0.05, 0.1) is 22.6 Å². The number of hydrogen-bond donors (Lipinski definition) is 0. The van der Waals surface area contributed by atoms with Crippen LogP contribution in [0.4, 0.5) is 0 Å². The first-order valence-electron chi connectivity index (χ1n) is 7.88. The van der Waals surface area contributed by atoms with Gasteiger partial charge in [0.15, 0.2) is 9.84 Å². The molecule has 0 radical (unpaired) electrons. The van der Waals surface area contributed by atoms with Gasteiger partial charge in [-0.25, -0.2) is 16.8 Å². The summed E-state index contributed by atoms with van der Waals surface area (Å²) in [6.45, 7) is 0.765. The van der Waals surface area contributed by atoms with E-state index in [1.807, 2.05) is 0 Å². The third-order valence-electron chi connectivity index (χ3n) is 4.45. The van der Waals surface area contributed by atoms with Crippen LogP contribution >= 0.6 is 11.6 Å². The van der Waals surface area contributed by atoms with Crippen molar-refractivity contribution in [3.05, 3.63) is 29.3 Å². The molecular weight excluding hydrogens is 374 g/mol. The number of ether oxygens (including phenoxy) is 1. The van der Waals surface area contributed by atoms with Crippen LogP contribution in [0.2, 0.25) is 5.02 Å². The fraction of sp³-hybridized carbons (Fsp3) is 0.600. The molecule has 1 aromatic carbocycles. The molecule has 0 bridgehead atoms. The van der Waals surface area contributed by atoms with E-state index in [9.17, 15) is 16.8 Å². The zero-order valence-corrected chi connectivity index (χ0v) is 15.5. The van der Waals surface area contributed by atoms with Crippen LogP contribution in [0, 0.1) is 0 Å². The summed E-state index contributed by atoms with van der Waals surface area (Å²) < 4.78 is 56.8. The van der Waals surface area contributed by atoms with E-state index in [0.29, 0.717) is 13.0 Å². The van der Waals surface area contributed by atoms with E-state index in [-0.39, 0.29) is 34.1 Å². The lowest BCUT2D eigenvalue weighted by Gasteiger charge is -2.29. The van der Waals surface area contributed by atoms with Gasteiger partial charge in [0.2, 0.25) is 10.0 Å². The van der Waals surface area contributed by atoms with Gasteiger partial charge in [-0.05, 0) is 31.4 Å². The molecule has 3 rings (SSSR count). The molecule has 0 aromatic heterocycles. The van der Waals surface area contributed by atoms with E-state index in [0.717, 1.165) is 12.8 Å². The molecule has 0 saturated carbocycles. The number of sulfonamides is 1. The largest absolute Gasteiger partial charge is 0.377 e. The summed E-state index contributed by atoms with van der Waals surface area (Å²) >= 11 is 6.08. The minimum atomic E-state index is -3.90. The number of sulfone groups is 1. The van der Waals surface area contributed by atoms with Crippen molar-refractivity contribution < 1.29 is 21.6 Å². The summed E-state index contributed by atoms with van der Waals surface area (Å²) in [6, 6.07) is 5.66. The van der Waals surface area contributed by atoms with Gasteiger partial charge in [0.1, 0.15) is 4.90 Å². The highest BCUT2D eigenvalue weighted by Crippen LogP contribution is 2.30. The van der Waals surface area contributed by atoms with E-state index in [1.165, 1.54) is 16.4 Å². The monoisotopic (exact) mass is 393 g/mol. The van der Waals surface area contributed by atoms with Crippen molar-refractivity contribution in [3.8, 4) is 0 Å². The van der Waals surface area contributed by atoms with Crippen LogP contribution in [0.25, 0.3) is 0 Å². The Kier molecular flexibility index (Phi) is 5.22. The van der Waals surface area contributed by atoms with E-state index < -0.39 is 25.9 Å². The molecule has 1 aromatic rings. The zero-order chi connectivity index (χ0) is 17.4. The molecule has 24 heavy (non-hydrogen) atoms. The highest BCUT2D eigenvalue weighted by molar-refractivity contribution is 7.92. The molecule has 2 aliphatic heterocycles. The SMILES string of the molecule is O=S1(=O)CC[C@@H](N(C[C@@H]2CCCO2)S(=O)(=O)c2ccccc2Cl)C1. The number of benzene rings is 1. The lowest BCUT2D eigenvalue weighted by atomic mass is 10.2. The smallest absolute Gasteiger partial charge is 0.244 e. The maximum absolute atomic E-state index is 13.1. The minimum absolute atomic E-state index is 0.00830. The Morgan fingerprint density at radius 2 is 2.00 bits per heavy atom. The molecular formula is C15H20ClNO5S2. The number of nitrogens with zero attached hydrogens (tertiary/aromatic N) is 1. The molecule has 0 N–H and O–H groups in total. The summed E-state index contributed by atoms with van der Waals surface area (Å²) in [7, 11) is -7.10. The second-order valence-corrected chi connectivity index (χ2v) is 10.7. The Morgan fingerprint density at radius 3 is 2.58 bits per heavy atom. The number of hydrogen-bond acceptors (Lipinski definition) is 5. The van der Waals surface area contributed by atoms with Crippen LogP contribution in [-0.4, -0.2) is 57.9 Å². The van der Waals surface area contributed by atoms with Crippen LogP contribution in [0.3, 0.4) is 0 Å². The van der Waals surface area contributed by atoms with E-state index >= 15 is 0 Å². The van der Waals surface area contributed by atoms with Crippen LogP contribution < -0.4 is 0 Å². The Balaban J connectivity index is 1.95. The van der Waals surface area contributed by atoms with Crippen molar-refractivity contribution >= 4 is 31.5 Å². The fourth-order valence-corrected chi connectivity index (χ4v) is 7.22. The molecule has 134 valence electrons. The van der Waals surface area contributed by atoms with Gasteiger partial charge in [-0.1, -0.05) is 23.7 Å². The Bertz CT molecular complexity index is 803. The van der Waals surface area contributed by atoms with Gasteiger partial charge in [-0.15, -0.1) is 0 Å². The predicted octanol–water partition coefficient (Wildman–Crippen LogP) is 1.70. The van der Waals surface area contributed by atoms with Crippen molar-refractivity contribution in [1.29, 1.82) is 0 Å². The first kappa shape index (κ1) is 18.1. The van der Waals surface area contributed by atoms with Gasteiger partial charge < -0.3 is 4.74 Å². The van der Waals surface area contributed by atoms with Crippen LogP contribution in [0.15, 0.2) is 29.2 Å². The molecule has 9 heteroatoms. The van der Waals surface area contributed by atoms with Crippen molar-refractivity contribution in [2.24, 2.45) is 0 Å². The topological polar surface area (TPSA) is 80.8 Å². The van der Waals surface area contributed by atoms with Gasteiger partial charge in [-0.2, -0.15) is 4.31 Å². The molecule has 6 nitrogen and oxygen atoms in total. The molecule has 2 heterocycles. The lowest BCUT2D eigenvalue weighted by Crippen LogP contribution is -2.45. The molecule has 2 fully saturated rings. The summed E-state index contributed by atoms with van der Waals surface area (Å²) in [5.74, 6) is -0.138. The first-order chi connectivity index (χ1) is 11.3. The molecule has 0 amide bonds. The summed E-state index contributed by atoms with van der Waals surface area (Å²) in [5, 5.41) is 0.135. The Labute approximate surface area is 147 Å². The highest BCUT2D eigenvalue weighted by Gasteiger charge is 2.40. The second-order valence-electron chi connectivity index (χ2n) is 6.20. The third-order valence-corrected chi connectivity index (χ3v) is 8.62. The van der Waals surface area contributed by atoms with E-state index in [1.54, 1.807) is 12.1 Å². The Hall–Kier alpha value is -0.670. The minimum Gasteiger partial charge on any atom is -0.377 e. The number of rotatable bonds is 5. The summed E-state index contributed by atoms with van der Waals surface area (Å²) in [5.41, 5.74) is 0.